The summed E-state index contributed by atoms with van der Waals surface area (Å²) in [4.78, 5) is 11.7. The Balaban J connectivity index is 1.83. The quantitative estimate of drug-likeness (QED) is 0.793. The number of hydrogen-bond donors (Lipinski definition) is 2. The van der Waals surface area contributed by atoms with Gasteiger partial charge in [-0.1, -0.05) is 6.07 Å². The molecule has 116 valence electrons. The Morgan fingerprint density at radius 3 is 2.91 bits per heavy atom. The summed E-state index contributed by atoms with van der Waals surface area (Å²) in [6.07, 6.45) is 5.52. The molecule has 2 aromatic rings. The first-order valence-corrected chi connectivity index (χ1v) is 6.90. The summed E-state index contributed by atoms with van der Waals surface area (Å²) in [7, 11) is 3.35. The number of amides is 1. The van der Waals surface area contributed by atoms with Crippen LogP contribution in [0.25, 0.3) is 6.08 Å². The molecule has 0 saturated carbocycles. The van der Waals surface area contributed by atoms with Gasteiger partial charge in [-0.25, -0.2) is 0 Å². The van der Waals surface area contributed by atoms with Crippen LogP contribution >= 0.6 is 0 Å². The SMILES string of the molecule is COc1ccc(/C=C/C(=O)NCCc2ccnn2C)cc1O. The fraction of sp³-hybridized carbons (Fsp3) is 0.250. The Hall–Kier alpha value is -2.76. The summed E-state index contributed by atoms with van der Waals surface area (Å²) in [6.45, 7) is 0.538. The molecule has 0 aliphatic heterocycles. The Morgan fingerprint density at radius 1 is 1.45 bits per heavy atom. The third-order valence-corrected chi connectivity index (χ3v) is 3.23. The molecule has 6 nitrogen and oxygen atoms in total. The molecule has 1 heterocycles. The molecule has 0 aliphatic carbocycles. The molecule has 0 atom stereocenters. The molecule has 1 aromatic carbocycles. The van der Waals surface area contributed by atoms with Crippen molar-refractivity contribution in [2.24, 2.45) is 7.05 Å². The van der Waals surface area contributed by atoms with E-state index in [4.69, 9.17) is 4.74 Å². The molecule has 6 heteroatoms. The molecule has 0 unspecified atom stereocenters. The number of rotatable bonds is 6. The summed E-state index contributed by atoms with van der Waals surface area (Å²) in [5.41, 5.74) is 1.78. The number of aryl methyl sites for hydroxylation is 1. The van der Waals surface area contributed by atoms with Crippen molar-refractivity contribution in [1.82, 2.24) is 15.1 Å². The van der Waals surface area contributed by atoms with Crippen LogP contribution in [0.15, 0.2) is 36.5 Å². The predicted molar refractivity (Wildman–Crippen MR) is 83.6 cm³/mol. The number of phenols is 1. The average Bonchev–Trinajstić information content (AvgIpc) is 2.91. The minimum absolute atomic E-state index is 0.0428. The van der Waals surface area contributed by atoms with Crippen LogP contribution in [-0.4, -0.2) is 34.4 Å². The van der Waals surface area contributed by atoms with Crippen LogP contribution in [-0.2, 0) is 18.3 Å². The third kappa shape index (κ3) is 4.12. The lowest BCUT2D eigenvalue weighted by atomic mass is 10.2. The minimum atomic E-state index is -0.183. The van der Waals surface area contributed by atoms with Crippen molar-refractivity contribution >= 4 is 12.0 Å². The normalized spacial score (nSPS) is 10.8. The Bertz CT molecular complexity index is 677. The number of aromatic nitrogens is 2. The van der Waals surface area contributed by atoms with Crippen molar-refractivity contribution in [2.45, 2.75) is 6.42 Å². The molecule has 0 spiro atoms. The number of carbonyl (C=O) groups is 1. The number of methoxy groups -OCH3 is 1. The second-order valence-electron chi connectivity index (χ2n) is 4.75. The largest absolute Gasteiger partial charge is 0.504 e. The van der Waals surface area contributed by atoms with Gasteiger partial charge in [0.05, 0.1) is 7.11 Å². The van der Waals surface area contributed by atoms with Gasteiger partial charge in [0, 0.05) is 38.0 Å². The van der Waals surface area contributed by atoms with E-state index in [1.54, 1.807) is 29.1 Å². The molecule has 0 fully saturated rings. The second kappa shape index (κ2) is 7.31. The van der Waals surface area contributed by atoms with Gasteiger partial charge in [0.15, 0.2) is 11.5 Å². The van der Waals surface area contributed by atoms with Gasteiger partial charge in [0.25, 0.3) is 0 Å². The van der Waals surface area contributed by atoms with Gasteiger partial charge in [0.1, 0.15) is 0 Å². The van der Waals surface area contributed by atoms with Crippen molar-refractivity contribution in [3.05, 3.63) is 47.8 Å². The summed E-state index contributed by atoms with van der Waals surface area (Å²) < 4.78 is 6.74. The van der Waals surface area contributed by atoms with Crippen molar-refractivity contribution < 1.29 is 14.6 Å². The summed E-state index contributed by atoms with van der Waals surface area (Å²) in [5, 5.41) is 16.5. The first-order valence-electron chi connectivity index (χ1n) is 6.90. The minimum Gasteiger partial charge on any atom is -0.504 e. The first-order chi connectivity index (χ1) is 10.6. The van der Waals surface area contributed by atoms with Crippen LogP contribution < -0.4 is 10.1 Å². The van der Waals surface area contributed by atoms with Gasteiger partial charge in [-0.2, -0.15) is 5.10 Å². The number of carbonyl (C=O) groups excluding carboxylic acids is 1. The van der Waals surface area contributed by atoms with Gasteiger partial charge in [-0.15, -0.1) is 0 Å². The van der Waals surface area contributed by atoms with Crippen molar-refractivity contribution in [3.8, 4) is 11.5 Å². The highest BCUT2D eigenvalue weighted by atomic mass is 16.5. The summed E-state index contributed by atoms with van der Waals surface area (Å²) >= 11 is 0. The first kappa shape index (κ1) is 15.6. The molecule has 0 aliphatic rings. The number of nitrogens with zero attached hydrogens (tertiary/aromatic N) is 2. The number of nitrogens with one attached hydrogen (secondary N) is 1. The van der Waals surface area contributed by atoms with Crippen LogP contribution in [0.4, 0.5) is 0 Å². The maximum absolute atomic E-state index is 11.7. The van der Waals surface area contributed by atoms with E-state index >= 15 is 0 Å². The molecule has 0 radical (unpaired) electrons. The molecule has 22 heavy (non-hydrogen) atoms. The predicted octanol–water partition coefficient (Wildman–Crippen LogP) is 1.51. The lowest BCUT2D eigenvalue weighted by Gasteiger charge is -2.04. The summed E-state index contributed by atoms with van der Waals surface area (Å²) in [6, 6.07) is 6.87. The molecule has 1 aromatic heterocycles. The fourth-order valence-corrected chi connectivity index (χ4v) is 2.00. The van der Waals surface area contributed by atoms with Crippen LogP contribution in [0.2, 0.25) is 0 Å². The van der Waals surface area contributed by atoms with Crippen LogP contribution in [0.3, 0.4) is 0 Å². The molecule has 0 saturated heterocycles. The highest BCUT2D eigenvalue weighted by molar-refractivity contribution is 5.91. The fourth-order valence-electron chi connectivity index (χ4n) is 2.00. The highest BCUT2D eigenvalue weighted by Gasteiger charge is 2.02. The monoisotopic (exact) mass is 301 g/mol. The van der Waals surface area contributed by atoms with E-state index in [9.17, 15) is 9.90 Å². The lowest BCUT2D eigenvalue weighted by molar-refractivity contribution is -0.116. The molecule has 2 N–H and O–H groups in total. The standard InChI is InChI=1S/C16H19N3O3/c1-19-13(8-10-18-19)7-9-17-16(21)6-4-12-3-5-15(22-2)14(20)11-12/h3-6,8,10-11,20H,7,9H2,1-2H3,(H,17,21)/b6-4+. The van der Waals surface area contributed by atoms with Crippen LogP contribution in [0.1, 0.15) is 11.3 Å². The molecular formula is C16H19N3O3. The Labute approximate surface area is 129 Å². The van der Waals surface area contributed by atoms with Crippen molar-refractivity contribution in [1.29, 1.82) is 0 Å². The molecule has 0 bridgehead atoms. The molecule has 1 amide bonds. The molecular weight excluding hydrogens is 282 g/mol. The summed E-state index contributed by atoms with van der Waals surface area (Å²) in [5.74, 6) is 0.261. The third-order valence-electron chi connectivity index (χ3n) is 3.23. The number of benzene rings is 1. The maximum Gasteiger partial charge on any atom is 0.244 e. The zero-order valence-corrected chi connectivity index (χ0v) is 12.6. The van der Waals surface area contributed by atoms with Gasteiger partial charge in [-0.05, 0) is 29.8 Å². The van der Waals surface area contributed by atoms with Gasteiger partial charge in [-0.3, -0.25) is 9.48 Å². The Morgan fingerprint density at radius 2 is 2.27 bits per heavy atom. The number of ether oxygens (including phenoxy) is 1. The average molecular weight is 301 g/mol. The highest BCUT2D eigenvalue weighted by Crippen LogP contribution is 2.26. The van der Waals surface area contributed by atoms with Gasteiger partial charge in [0.2, 0.25) is 5.91 Å². The zero-order chi connectivity index (χ0) is 15.9. The van der Waals surface area contributed by atoms with Gasteiger partial charge >= 0.3 is 0 Å². The van der Waals surface area contributed by atoms with Gasteiger partial charge < -0.3 is 15.2 Å². The maximum atomic E-state index is 11.7. The van der Waals surface area contributed by atoms with E-state index in [-0.39, 0.29) is 11.7 Å². The number of phenolic OH excluding ortho intramolecular Hbond substituents is 1. The number of aromatic hydroxyl groups is 1. The van der Waals surface area contributed by atoms with Crippen molar-refractivity contribution in [2.75, 3.05) is 13.7 Å². The van der Waals surface area contributed by atoms with E-state index in [1.165, 1.54) is 19.3 Å². The van der Waals surface area contributed by atoms with E-state index in [2.05, 4.69) is 10.4 Å². The Kier molecular flexibility index (Phi) is 5.19. The topological polar surface area (TPSA) is 76.4 Å². The smallest absolute Gasteiger partial charge is 0.244 e. The van der Waals surface area contributed by atoms with E-state index < -0.39 is 0 Å². The van der Waals surface area contributed by atoms with Crippen LogP contribution in [0, 0.1) is 0 Å². The van der Waals surface area contributed by atoms with E-state index in [0.29, 0.717) is 12.3 Å². The van der Waals surface area contributed by atoms with E-state index in [0.717, 1.165) is 17.7 Å². The van der Waals surface area contributed by atoms with Crippen LogP contribution in [0.5, 0.6) is 11.5 Å². The lowest BCUT2D eigenvalue weighted by Crippen LogP contribution is -2.24. The number of hydrogen-bond acceptors (Lipinski definition) is 4. The van der Waals surface area contributed by atoms with E-state index in [1.807, 2.05) is 13.1 Å². The zero-order valence-electron chi connectivity index (χ0n) is 12.6. The second-order valence-corrected chi connectivity index (χ2v) is 4.75. The van der Waals surface area contributed by atoms with Crippen molar-refractivity contribution in [3.63, 3.8) is 0 Å². The molecule has 2 rings (SSSR count).